The van der Waals surface area contributed by atoms with E-state index in [0.29, 0.717) is 30.3 Å². The van der Waals surface area contributed by atoms with Crippen LogP contribution in [0.15, 0.2) is 24.4 Å². The minimum Gasteiger partial charge on any atom is -0.496 e. The van der Waals surface area contributed by atoms with Gasteiger partial charge in [-0.15, -0.1) is 10.2 Å². The van der Waals surface area contributed by atoms with E-state index in [1.54, 1.807) is 27.0 Å². The number of methoxy groups -OCH3 is 1. The third-order valence-corrected chi connectivity index (χ3v) is 6.13. The van der Waals surface area contributed by atoms with Gasteiger partial charge in [-0.05, 0) is 25.1 Å². The summed E-state index contributed by atoms with van der Waals surface area (Å²) in [5.41, 5.74) is 1.06. The smallest absolute Gasteiger partial charge is 0.259 e. The van der Waals surface area contributed by atoms with Crippen molar-refractivity contribution in [2.45, 2.75) is 20.3 Å². The van der Waals surface area contributed by atoms with Gasteiger partial charge in [0, 0.05) is 44.0 Å². The summed E-state index contributed by atoms with van der Waals surface area (Å²) in [6, 6.07) is 4.52. The molecular formula is C22H24ClFN6O3S. The second-order valence-corrected chi connectivity index (χ2v) is 8.64. The average Bonchev–Trinajstić information content (AvgIpc) is 3.28. The van der Waals surface area contributed by atoms with Crippen LogP contribution < -0.4 is 20.3 Å². The zero-order valence-electron chi connectivity index (χ0n) is 19.1. The number of pyridine rings is 1. The van der Waals surface area contributed by atoms with Crippen LogP contribution in [0.2, 0.25) is 5.02 Å². The molecule has 1 aromatic carbocycles. The Kier molecular flexibility index (Phi) is 8.35. The first kappa shape index (κ1) is 25.3. The molecule has 0 atom stereocenters. The van der Waals surface area contributed by atoms with E-state index in [1.807, 2.05) is 4.90 Å². The number of ether oxygens (including phenoxy) is 1. The maximum atomic E-state index is 15.0. The number of carbonyl (C=O) groups is 2. The number of halogens is 2. The Morgan fingerprint density at radius 3 is 2.76 bits per heavy atom. The molecule has 0 radical (unpaired) electrons. The molecule has 0 aliphatic heterocycles. The average molecular weight is 507 g/mol. The molecule has 2 N–H and O–H groups in total. The first-order valence-corrected chi connectivity index (χ1v) is 11.6. The van der Waals surface area contributed by atoms with Gasteiger partial charge >= 0.3 is 0 Å². The van der Waals surface area contributed by atoms with Crippen molar-refractivity contribution >= 4 is 45.0 Å². The van der Waals surface area contributed by atoms with E-state index in [0.717, 1.165) is 0 Å². The minimum absolute atomic E-state index is 0.0334. The highest BCUT2D eigenvalue weighted by molar-refractivity contribution is 7.19. The standard InChI is InChI=1S/C22H24ClFN6O3S/c1-5-17(31)25-8-9-30(3)22-29-28-21(34-22)27-20(32)14-11-26-12(2)10-13(14)18-16(33-4)7-6-15(23)19(18)24/h6-7,10-11H,5,8-9H2,1-4H3,(H,25,31)(H,27,28,32). The number of nitrogens with zero attached hydrogens (tertiary/aromatic N) is 4. The van der Waals surface area contributed by atoms with Crippen molar-refractivity contribution in [3.05, 3.63) is 46.5 Å². The van der Waals surface area contributed by atoms with Crippen molar-refractivity contribution in [1.82, 2.24) is 20.5 Å². The maximum absolute atomic E-state index is 15.0. The summed E-state index contributed by atoms with van der Waals surface area (Å²) >= 11 is 7.16. The van der Waals surface area contributed by atoms with Crippen LogP contribution in [0.1, 0.15) is 29.4 Å². The highest BCUT2D eigenvalue weighted by Gasteiger charge is 2.23. The van der Waals surface area contributed by atoms with Crippen molar-refractivity contribution in [3.63, 3.8) is 0 Å². The lowest BCUT2D eigenvalue weighted by molar-refractivity contribution is -0.120. The molecule has 180 valence electrons. The van der Waals surface area contributed by atoms with E-state index in [1.165, 1.54) is 36.8 Å². The van der Waals surface area contributed by atoms with Gasteiger partial charge in [0.25, 0.3) is 5.91 Å². The summed E-state index contributed by atoms with van der Waals surface area (Å²) in [5, 5.41) is 14.3. The zero-order chi connectivity index (χ0) is 24.8. The summed E-state index contributed by atoms with van der Waals surface area (Å²) in [7, 11) is 3.22. The van der Waals surface area contributed by atoms with E-state index in [-0.39, 0.29) is 38.5 Å². The largest absolute Gasteiger partial charge is 0.496 e. The number of hydrogen-bond acceptors (Lipinski definition) is 8. The third kappa shape index (κ3) is 5.78. The summed E-state index contributed by atoms with van der Waals surface area (Å²) in [5.74, 6) is -1.04. The lowest BCUT2D eigenvalue weighted by Crippen LogP contribution is -2.32. The number of nitrogens with one attached hydrogen (secondary N) is 2. The highest BCUT2D eigenvalue weighted by atomic mass is 35.5. The second kappa shape index (κ2) is 11.2. The van der Waals surface area contributed by atoms with E-state index in [9.17, 15) is 14.0 Å². The number of aromatic nitrogens is 3. The number of aryl methyl sites for hydroxylation is 1. The van der Waals surface area contributed by atoms with E-state index in [4.69, 9.17) is 16.3 Å². The Morgan fingerprint density at radius 2 is 2.06 bits per heavy atom. The predicted octanol–water partition coefficient (Wildman–Crippen LogP) is 3.92. The molecule has 2 heterocycles. The predicted molar refractivity (Wildman–Crippen MR) is 130 cm³/mol. The second-order valence-electron chi connectivity index (χ2n) is 7.28. The van der Waals surface area contributed by atoms with Crippen LogP contribution >= 0.6 is 22.9 Å². The first-order valence-electron chi connectivity index (χ1n) is 10.4. The summed E-state index contributed by atoms with van der Waals surface area (Å²) in [6.45, 7) is 4.49. The fourth-order valence-electron chi connectivity index (χ4n) is 3.07. The third-order valence-electron chi connectivity index (χ3n) is 4.88. The molecule has 0 aliphatic rings. The van der Waals surface area contributed by atoms with Gasteiger partial charge in [0.15, 0.2) is 5.82 Å². The van der Waals surface area contributed by atoms with Gasteiger partial charge in [-0.25, -0.2) is 4.39 Å². The normalized spacial score (nSPS) is 10.6. The molecule has 2 aromatic heterocycles. The van der Waals surface area contributed by atoms with Crippen LogP contribution in [-0.2, 0) is 4.79 Å². The van der Waals surface area contributed by atoms with Gasteiger partial charge in [-0.3, -0.25) is 19.9 Å². The molecule has 0 spiro atoms. The molecule has 9 nitrogen and oxygen atoms in total. The van der Waals surface area contributed by atoms with Gasteiger partial charge in [-0.1, -0.05) is 29.9 Å². The number of benzene rings is 1. The number of anilines is 2. The fourth-order valence-corrected chi connectivity index (χ4v) is 3.95. The molecule has 34 heavy (non-hydrogen) atoms. The van der Waals surface area contributed by atoms with Gasteiger partial charge < -0.3 is 15.0 Å². The highest BCUT2D eigenvalue weighted by Crippen LogP contribution is 2.38. The quantitative estimate of drug-likeness (QED) is 0.452. The van der Waals surface area contributed by atoms with Crippen molar-refractivity contribution < 1.29 is 18.7 Å². The molecule has 0 bridgehead atoms. The Labute approximate surface area is 205 Å². The fraction of sp³-hybridized carbons (Fsp3) is 0.318. The Morgan fingerprint density at radius 1 is 1.29 bits per heavy atom. The number of hydrogen-bond donors (Lipinski definition) is 2. The lowest BCUT2D eigenvalue weighted by Gasteiger charge is -2.15. The zero-order valence-corrected chi connectivity index (χ0v) is 20.7. The molecule has 0 unspecified atom stereocenters. The van der Waals surface area contributed by atoms with Gasteiger partial charge in [-0.2, -0.15) is 0 Å². The topological polar surface area (TPSA) is 109 Å². The van der Waals surface area contributed by atoms with E-state index >= 15 is 0 Å². The maximum Gasteiger partial charge on any atom is 0.259 e. The Hall–Kier alpha value is -3.31. The van der Waals surface area contributed by atoms with Crippen LogP contribution in [0.5, 0.6) is 5.75 Å². The molecule has 0 saturated carbocycles. The Balaban J connectivity index is 1.83. The lowest BCUT2D eigenvalue weighted by atomic mass is 9.98. The van der Waals surface area contributed by atoms with Crippen molar-refractivity contribution in [2.24, 2.45) is 0 Å². The summed E-state index contributed by atoms with van der Waals surface area (Å²) in [4.78, 5) is 30.5. The molecule has 3 rings (SSSR count). The number of likely N-dealkylation sites (N-methyl/N-ethyl adjacent to an activating group) is 1. The SMILES string of the molecule is CCC(=O)NCCN(C)c1nnc(NC(=O)c2cnc(C)cc2-c2c(OC)ccc(Cl)c2F)s1. The number of carbonyl (C=O) groups excluding carboxylic acids is 2. The molecule has 3 aromatic rings. The molecule has 0 fully saturated rings. The van der Waals surface area contributed by atoms with Crippen molar-refractivity contribution in [2.75, 3.05) is 37.5 Å². The molecule has 0 saturated heterocycles. The van der Waals surface area contributed by atoms with Crippen LogP contribution in [0, 0.1) is 12.7 Å². The van der Waals surface area contributed by atoms with Crippen LogP contribution in [0.3, 0.4) is 0 Å². The molecule has 12 heteroatoms. The molecule has 0 aliphatic carbocycles. The van der Waals surface area contributed by atoms with Gasteiger partial charge in [0.05, 0.1) is 23.3 Å². The van der Waals surface area contributed by atoms with Crippen molar-refractivity contribution in [3.8, 4) is 16.9 Å². The van der Waals surface area contributed by atoms with Crippen LogP contribution in [0.4, 0.5) is 14.7 Å². The minimum atomic E-state index is -0.698. The van der Waals surface area contributed by atoms with E-state index in [2.05, 4.69) is 25.8 Å². The monoisotopic (exact) mass is 506 g/mol. The first-order chi connectivity index (χ1) is 16.2. The van der Waals surface area contributed by atoms with Crippen molar-refractivity contribution in [1.29, 1.82) is 0 Å². The summed E-state index contributed by atoms with van der Waals surface area (Å²) < 4.78 is 20.3. The van der Waals surface area contributed by atoms with E-state index < -0.39 is 11.7 Å². The number of rotatable bonds is 9. The molecular weight excluding hydrogens is 483 g/mol. The van der Waals surface area contributed by atoms with Gasteiger partial charge in [0.2, 0.25) is 16.2 Å². The van der Waals surface area contributed by atoms with Gasteiger partial charge in [0.1, 0.15) is 5.75 Å². The number of amides is 2. The van der Waals surface area contributed by atoms with Crippen LogP contribution in [-0.4, -0.2) is 54.2 Å². The Bertz CT molecular complexity index is 1210. The molecule has 2 amide bonds. The van der Waals surface area contributed by atoms with Crippen LogP contribution in [0.25, 0.3) is 11.1 Å². The summed E-state index contributed by atoms with van der Waals surface area (Å²) in [6.07, 6.45) is 1.78.